The molecule has 40 heavy (non-hydrogen) atoms. The summed E-state index contributed by atoms with van der Waals surface area (Å²) in [5.41, 5.74) is 10.6. The van der Waals surface area contributed by atoms with Crippen molar-refractivity contribution in [2.75, 3.05) is 44.5 Å². The van der Waals surface area contributed by atoms with E-state index in [0.29, 0.717) is 31.1 Å². The molecule has 2 atom stereocenters. The summed E-state index contributed by atoms with van der Waals surface area (Å²) in [5, 5.41) is 11.8. The van der Waals surface area contributed by atoms with Crippen LogP contribution < -0.4 is 19.8 Å². The molecule has 1 N–H and O–H groups in total. The van der Waals surface area contributed by atoms with Crippen LogP contribution in [0.25, 0.3) is 5.57 Å². The van der Waals surface area contributed by atoms with Crippen LogP contribution in [0.3, 0.4) is 0 Å². The average molecular weight is 536 g/mol. The van der Waals surface area contributed by atoms with Crippen molar-refractivity contribution >= 4 is 11.4 Å². The minimum Gasteiger partial charge on any atom is -0.452 e. The molecule has 10 heteroatoms. The number of piperazine rings is 1. The van der Waals surface area contributed by atoms with E-state index in [1.165, 1.54) is 12.0 Å². The van der Waals surface area contributed by atoms with Crippen molar-refractivity contribution in [1.82, 2.24) is 25.3 Å². The average Bonchev–Trinajstić information content (AvgIpc) is 3.66. The van der Waals surface area contributed by atoms with Crippen molar-refractivity contribution in [3.8, 4) is 17.7 Å². The Morgan fingerprint density at radius 3 is 2.85 bits per heavy atom. The van der Waals surface area contributed by atoms with Crippen LogP contribution in [0.4, 0.5) is 5.82 Å². The van der Waals surface area contributed by atoms with Gasteiger partial charge in [-0.2, -0.15) is 5.26 Å². The maximum Gasteiger partial charge on any atom is 0.260 e. The van der Waals surface area contributed by atoms with Gasteiger partial charge in [-0.3, -0.25) is 9.91 Å². The number of aromatic nitrogens is 2. The van der Waals surface area contributed by atoms with E-state index in [0.717, 1.165) is 77.8 Å². The molecule has 9 rings (SSSR count). The highest BCUT2D eigenvalue weighted by Gasteiger charge is 2.44. The Bertz CT molecular complexity index is 1530. The van der Waals surface area contributed by atoms with E-state index >= 15 is 0 Å². The fourth-order valence-electron chi connectivity index (χ4n) is 6.55. The molecule has 0 saturated carbocycles. The minimum atomic E-state index is 0.246. The standard InChI is InChI=1S/C30H29N7O3/c31-10-23-13-34-37-15-22(20-3-5-38-6-4-20)8-26(29(23)37)21-1-2-28(32-12-21)35-16-24-9-25(17-35)36(24)14-19-7-27-30(33-11-19)40-18-39-27/h1-3,7-8,11-12,15,24-25,34H,4-6,9,13-14,16-18H2. The monoisotopic (exact) mass is 535 g/mol. The topological polar surface area (TPSA) is 99.0 Å². The summed E-state index contributed by atoms with van der Waals surface area (Å²) >= 11 is 0. The van der Waals surface area contributed by atoms with Crippen LogP contribution in [-0.2, 0) is 11.3 Å². The molecule has 7 aliphatic rings. The van der Waals surface area contributed by atoms with E-state index < -0.39 is 0 Å². The Hall–Kier alpha value is -4.17. The fourth-order valence-corrected chi connectivity index (χ4v) is 6.55. The highest BCUT2D eigenvalue weighted by molar-refractivity contribution is 5.85. The third-order valence-corrected chi connectivity index (χ3v) is 8.62. The second-order valence-corrected chi connectivity index (χ2v) is 10.9. The van der Waals surface area contributed by atoms with Gasteiger partial charge in [0, 0.05) is 61.4 Å². The number of nitriles is 1. The lowest BCUT2D eigenvalue weighted by Crippen LogP contribution is -2.68. The zero-order valence-corrected chi connectivity index (χ0v) is 22.0. The van der Waals surface area contributed by atoms with E-state index in [1.807, 2.05) is 17.4 Å². The van der Waals surface area contributed by atoms with Gasteiger partial charge in [-0.05, 0) is 53.8 Å². The van der Waals surface area contributed by atoms with Gasteiger partial charge in [0.25, 0.3) is 5.88 Å². The molecular weight excluding hydrogens is 506 g/mol. The van der Waals surface area contributed by atoms with Crippen LogP contribution in [-0.4, -0.2) is 71.6 Å². The molecule has 2 bridgehead atoms. The number of piperidine rings is 1. The predicted molar refractivity (Wildman–Crippen MR) is 147 cm³/mol. The zero-order chi connectivity index (χ0) is 26.6. The molecule has 10 nitrogen and oxygen atoms in total. The molecule has 2 aromatic heterocycles. The van der Waals surface area contributed by atoms with E-state index in [4.69, 9.17) is 19.2 Å². The second kappa shape index (κ2) is 9.48. The Morgan fingerprint density at radius 1 is 1.12 bits per heavy atom. The molecule has 0 spiro atoms. The number of anilines is 1. The lowest BCUT2D eigenvalue weighted by atomic mass is 9.87. The Morgan fingerprint density at radius 2 is 2.05 bits per heavy atom. The molecule has 2 unspecified atom stereocenters. The van der Waals surface area contributed by atoms with Crippen LogP contribution in [0.2, 0.25) is 0 Å². The van der Waals surface area contributed by atoms with Crippen molar-refractivity contribution in [2.24, 2.45) is 0 Å². The Labute approximate surface area is 232 Å². The predicted octanol–water partition coefficient (Wildman–Crippen LogP) is 2.89. The first kappa shape index (κ1) is 23.7. The Kier molecular flexibility index (Phi) is 5.62. The summed E-state index contributed by atoms with van der Waals surface area (Å²) in [7, 11) is 0. The van der Waals surface area contributed by atoms with Gasteiger partial charge >= 0.3 is 0 Å². The highest BCUT2D eigenvalue weighted by Crippen LogP contribution is 2.40. The quantitative estimate of drug-likeness (QED) is 0.615. The van der Waals surface area contributed by atoms with Crippen molar-refractivity contribution in [2.45, 2.75) is 31.5 Å². The molecule has 0 amide bonds. The number of hydrogen-bond donors (Lipinski definition) is 1. The van der Waals surface area contributed by atoms with E-state index in [-0.39, 0.29) is 6.79 Å². The smallest absolute Gasteiger partial charge is 0.260 e. The third kappa shape index (κ3) is 3.97. The summed E-state index contributed by atoms with van der Waals surface area (Å²) in [6.07, 6.45) is 12.4. The van der Waals surface area contributed by atoms with Crippen molar-refractivity contribution < 1.29 is 14.2 Å². The van der Waals surface area contributed by atoms with Gasteiger partial charge in [-0.25, -0.2) is 15.4 Å². The second-order valence-electron chi connectivity index (χ2n) is 10.9. The summed E-state index contributed by atoms with van der Waals surface area (Å²) in [5.74, 6) is 2.32. The summed E-state index contributed by atoms with van der Waals surface area (Å²) in [6.45, 7) is 4.90. The van der Waals surface area contributed by atoms with Crippen LogP contribution in [0.15, 0.2) is 71.4 Å². The number of hydrogen-bond acceptors (Lipinski definition) is 10. The summed E-state index contributed by atoms with van der Waals surface area (Å²) in [6, 6.07) is 9.69. The van der Waals surface area contributed by atoms with Gasteiger partial charge in [0.2, 0.25) is 6.79 Å². The van der Waals surface area contributed by atoms with Crippen LogP contribution in [0, 0.1) is 11.3 Å². The molecule has 7 aliphatic heterocycles. The molecule has 0 aliphatic carbocycles. The lowest BCUT2D eigenvalue weighted by Gasteiger charge is -2.56. The first-order valence-electron chi connectivity index (χ1n) is 13.8. The number of nitrogens with one attached hydrogen (secondary N) is 1. The van der Waals surface area contributed by atoms with Gasteiger partial charge in [0.15, 0.2) is 5.75 Å². The number of hydrazine groups is 1. The van der Waals surface area contributed by atoms with E-state index in [9.17, 15) is 5.26 Å². The number of rotatable bonds is 5. The maximum absolute atomic E-state index is 9.79. The summed E-state index contributed by atoms with van der Waals surface area (Å²) in [4.78, 5) is 14.3. The SMILES string of the molecule is N#CC1=C2C(c3ccc(N4CC5CC(C4)N5Cc4cnc5c(c4)OCO5)nc3)=CC(C3=CCOCC3)=CN2NC1. The number of ether oxygens (including phenoxy) is 3. The molecular formula is C30H29N7O3. The van der Waals surface area contributed by atoms with E-state index in [2.05, 4.69) is 62.8 Å². The highest BCUT2D eigenvalue weighted by atomic mass is 16.7. The van der Waals surface area contributed by atoms with E-state index in [1.54, 1.807) is 0 Å². The van der Waals surface area contributed by atoms with Gasteiger partial charge in [-0.15, -0.1) is 0 Å². The first-order chi connectivity index (χ1) is 19.7. The van der Waals surface area contributed by atoms with Gasteiger partial charge in [0.1, 0.15) is 5.82 Å². The largest absolute Gasteiger partial charge is 0.452 e. The number of fused-ring (bicyclic) bond motifs is 4. The first-order valence-corrected chi connectivity index (χ1v) is 13.8. The normalized spacial score (nSPS) is 25.1. The molecule has 3 fully saturated rings. The number of allylic oxidation sites excluding steroid dienone is 3. The lowest BCUT2D eigenvalue weighted by molar-refractivity contribution is -0.00878. The van der Waals surface area contributed by atoms with Gasteiger partial charge in [0.05, 0.1) is 37.1 Å². The molecule has 2 aromatic rings. The minimum absolute atomic E-state index is 0.246. The third-order valence-electron chi connectivity index (χ3n) is 8.62. The van der Waals surface area contributed by atoms with Crippen LogP contribution in [0.5, 0.6) is 11.6 Å². The number of nitrogens with zero attached hydrogens (tertiary/aromatic N) is 6. The molecule has 202 valence electrons. The molecule has 3 saturated heterocycles. The zero-order valence-electron chi connectivity index (χ0n) is 22.0. The Balaban J connectivity index is 0.999. The maximum atomic E-state index is 9.79. The fraction of sp³-hybridized carbons (Fsp3) is 0.367. The number of pyridine rings is 2. The summed E-state index contributed by atoms with van der Waals surface area (Å²) < 4.78 is 16.4. The van der Waals surface area contributed by atoms with Crippen LogP contribution in [0.1, 0.15) is 24.0 Å². The van der Waals surface area contributed by atoms with Gasteiger partial charge in [-0.1, -0.05) is 6.08 Å². The molecule has 9 heterocycles. The van der Waals surface area contributed by atoms with Crippen molar-refractivity contribution in [3.63, 3.8) is 0 Å². The molecule has 0 aromatic carbocycles. The van der Waals surface area contributed by atoms with Crippen molar-refractivity contribution in [1.29, 1.82) is 5.26 Å². The molecule has 0 radical (unpaired) electrons. The van der Waals surface area contributed by atoms with Crippen molar-refractivity contribution in [3.05, 3.63) is 82.5 Å². The van der Waals surface area contributed by atoms with Gasteiger partial charge < -0.3 is 19.1 Å². The van der Waals surface area contributed by atoms with Crippen LogP contribution >= 0.6 is 0 Å².